The number of ether oxygens (including phenoxy) is 2. The minimum Gasteiger partial charge on any atom is -0.359 e. The molecule has 0 aromatic heterocycles. The monoisotopic (exact) mass is 236 g/mol. The molecular formula is C15H24O2. The number of hydrogen-bond donors (Lipinski definition) is 0. The molecular weight excluding hydrogens is 212 g/mol. The molecule has 0 aliphatic carbocycles. The minimum atomic E-state index is 0.396. The topological polar surface area (TPSA) is 18.5 Å². The van der Waals surface area contributed by atoms with Gasteiger partial charge < -0.3 is 9.47 Å². The van der Waals surface area contributed by atoms with Crippen LogP contribution < -0.4 is 0 Å². The van der Waals surface area contributed by atoms with Gasteiger partial charge in [0.1, 0.15) is 6.79 Å². The van der Waals surface area contributed by atoms with Crippen molar-refractivity contribution in [1.82, 2.24) is 0 Å². The Bertz CT molecular complexity index is 290. The van der Waals surface area contributed by atoms with E-state index in [0.29, 0.717) is 6.79 Å². The van der Waals surface area contributed by atoms with Crippen LogP contribution in [0.5, 0.6) is 0 Å². The molecule has 0 atom stereocenters. The molecule has 17 heavy (non-hydrogen) atoms. The first-order valence-corrected chi connectivity index (χ1v) is 6.37. The SMILES string of the molecule is COCOCCCc1ccc(CC(C)C)cc1. The van der Waals surface area contributed by atoms with Crippen molar-refractivity contribution in [3.8, 4) is 0 Å². The Hall–Kier alpha value is -0.860. The van der Waals surface area contributed by atoms with Gasteiger partial charge in [0.15, 0.2) is 0 Å². The van der Waals surface area contributed by atoms with E-state index < -0.39 is 0 Å². The molecule has 0 saturated carbocycles. The molecule has 0 spiro atoms. The molecule has 2 nitrogen and oxygen atoms in total. The van der Waals surface area contributed by atoms with Gasteiger partial charge in [-0.2, -0.15) is 0 Å². The summed E-state index contributed by atoms with van der Waals surface area (Å²) >= 11 is 0. The highest BCUT2D eigenvalue weighted by Gasteiger charge is 1.98. The Balaban J connectivity index is 2.25. The molecule has 0 aliphatic rings. The van der Waals surface area contributed by atoms with E-state index >= 15 is 0 Å². The van der Waals surface area contributed by atoms with E-state index in [1.807, 2.05) is 0 Å². The molecule has 0 unspecified atom stereocenters. The third-order valence-corrected chi connectivity index (χ3v) is 2.62. The molecule has 0 N–H and O–H groups in total. The molecule has 1 aromatic rings. The van der Waals surface area contributed by atoms with E-state index in [4.69, 9.17) is 9.47 Å². The van der Waals surface area contributed by atoms with Crippen molar-refractivity contribution in [3.63, 3.8) is 0 Å². The van der Waals surface area contributed by atoms with Crippen LogP contribution in [-0.4, -0.2) is 20.5 Å². The number of aryl methyl sites for hydroxylation is 1. The van der Waals surface area contributed by atoms with E-state index in [-0.39, 0.29) is 0 Å². The second kappa shape index (κ2) is 8.26. The molecule has 1 rings (SSSR count). The van der Waals surface area contributed by atoms with Crippen LogP contribution in [0.3, 0.4) is 0 Å². The summed E-state index contributed by atoms with van der Waals surface area (Å²) in [4.78, 5) is 0. The molecule has 0 amide bonds. The van der Waals surface area contributed by atoms with Crippen LogP contribution in [0, 0.1) is 5.92 Å². The molecule has 0 fully saturated rings. The predicted octanol–water partition coefficient (Wildman–Crippen LogP) is 3.44. The third kappa shape index (κ3) is 6.44. The number of methoxy groups -OCH3 is 1. The largest absolute Gasteiger partial charge is 0.359 e. The summed E-state index contributed by atoms with van der Waals surface area (Å²) in [5.41, 5.74) is 2.82. The zero-order chi connectivity index (χ0) is 12.5. The Morgan fingerprint density at radius 1 is 1.06 bits per heavy atom. The Morgan fingerprint density at radius 3 is 2.29 bits per heavy atom. The summed E-state index contributed by atoms with van der Waals surface area (Å²) in [6, 6.07) is 8.94. The lowest BCUT2D eigenvalue weighted by Crippen LogP contribution is -2.00. The average Bonchev–Trinajstić information content (AvgIpc) is 2.30. The number of hydrogen-bond acceptors (Lipinski definition) is 2. The number of rotatable bonds is 8. The van der Waals surface area contributed by atoms with Crippen molar-refractivity contribution in [3.05, 3.63) is 35.4 Å². The molecule has 0 aliphatic heterocycles. The quantitative estimate of drug-likeness (QED) is 0.508. The molecule has 2 heteroatoms. The lowest BCUT2D eigenvalue weighted by atomic mass is 10.0. The van der Waals surface area contributed by atoms with Crippen molar-refractivity contribution in [1.29, 1.82) is 0 Å². The summed E-state index contributed by atoms with van der Waals surface area (Å²) in [5.74, 6) is 0.725. The predicted molar refractivity (Wildman–Crippen MR) is 71.1 cm³/mol. The van der Waals surface area contributed by atoms with Gasteiger partial charge in [-0.1, -0.05) is 38.1 Å². The minimum absolute atomic E-state index is 0.396. The smallest absolute Gasteiger partial charge is 0.146 e. The highest BCUT2D eigenvalue weighted by atomic mass is 16.7. The molecule has 96 valence electrons. The zero-order valence-electron chi connectivity index (χ0n) is 11.2. The molecule has 1 aromatic carbocycles. The van der Waals surface area contributed by atoms with Gasteiger partial charge in [0.25, 0.3) is 0 Å². The fourth-order valence-corrected chi connectivity index (χ4v) is 1.83. The lowest BCUT2D eigenvalue weighted by molar-refractivity contribution is -0.0310. The van der Waals surface area contributed by atoms with Crippen molar-refractivity contribution < 1.29 is 9.47 Å². The maximum absolute atomic E-state index is 5.26. The van der Waals surface area contributed by atoms with Crippen molar-refractivity contribution in [2.24, 2.45) is 5.92 Å². The van der Waals surface area contributed by atoms with Crippen LogP contribution >= 0.6 is 0 Å². The summed E-state index contributed by atoms with van der Waals surface area (Å²) in [6.45, 7) is 5.66. The highest BCUT2D eigenvalue weighted by molar-refractivity contribution is 5.22. The molecule has 0 bridgehead atoms. The van der Waals surface area contributed by atoms with Crippen molar-refractivity contribution in [2.45, 2.75) is 33.1 Å². The van der Waals surface area contributed by atoms with Gasteiger partial charge in [0, 0.05) is 13.7 Å². The van der Waals surface area contributed by atoms with E-state index in [1.165, 1.54) is 11.1 Å². The van der Waals surface area contributed by atoms with E-state index in [2.05, 4.69) is 38.1 Å². The van der Waals surface area contributed by atoms with Crippen LogP contribution in [0.2, 0.25) is 0 Å². The molecule has 0 saturated heterocycles. The maximum Gasteiger partial charge on any atom is 0.146 e. The maximum atomic E-state index is 5.26. The second-order valence-corrected chi connectivity index (χ2v) is 4.83. The van der Waals surface area contributed by atoms with Gasteiger partial charge in [-0.15, -0.1) is 0 Å². The van der Waals surface area contributed by atoms with Gasteiger partial charge >= 0.3 is 0 Å². The normalized spacial score (nSPS) is 11.1. The van der Waals surface area contributed by atoms with Gasteiger partial charge in [-0.25, -0.2) is 0 Å². The van der Waals surface area contributed by atoms with Crippen LogP contribution in [0.1, 0.15) is 31.4 Å². The fourth-order valence-electron chi connectivity index (χ4n) is 1.83. The zero-order valence-corrected chi connectivity index (χ0v) is 11.2. The first kappa shape index (κ1) is 14.2. The highest BCUT2D eigenvalue weighted by Crippen LogP contribution is 2.11. The Kier molecular flexibility index (Phi) is 6.90. The van der Waals surface area contributed by atoms with Crippen molar-refractivity contribution >= 4 is 0 Å². The number of benzene rings is 1. The second-order valence-electron chi connectivity index (χ2n) is 4.83. The van der Waals surface area contributed by atoms with Crippen LogP contribution in [0.15, 0.2) is 24.3 Å². The van der Waals surface area contributed by atoms with E-state index in [9.17, 15) is 0 Å². The van der Waals surface area contributed by atoms with E-state index in [1.54, 1.807) is 7.11 Å². The van der Waals surface area contributed by atoms with Gasteiger partial charge in [0.05, 0.1) is 0 Å². The van der Waals surface area contributed by atoms with Gasteiger partial charge in [-0.3, -0.25) is 0 Å². The fraction of sp³-hybridized carbons (Fsp3) is 0.600. The van der Waals surface area contributed by atoms with Crippen LogP contribution in [0.4, 0.5) is 0 Å². The summed E-state index contributed by atoms with van der Waals surface area (Å²) in [5, 5.41) is 0. The van der Waals surface area contributed by atoms with Gasteiger partial charge in [0.2, 0.25) is 0 Å². The van der Waals surface area contributed by atoms with Crippen LogP contribution in [-0.2, 0) is 22.3 Å². The van der Waals surface area contributed by atoms with Crippen molar-refractivity contribution in [2.75, 3.05) is 20.5 Å². The third-order valence-electron chi connectivity index (χ3n) is 2.62. The first-order valence-electron chi connectivity index (χ1n) is 6.37. The standard InChI is InChI=1S/C15H24O2/c1-13(2)11-15-8-6-14(7-9-15)5-4-10-17-12-16-3/h6-9,13H,4-5,10-12H2,1-3H3. The molecule has 0 radical (unpaired) electrons. The first-order chi connectivity index (χ1) is 8.22. The van der Waals surface area contributed by atoms with Crippen LogP contribution in [0.25, 0.3) is 0 Å². The molecule has 0 heterocycles. The van der Waals surface area contributed by atoms with E-state index in [0.717, 1.165) is 31.8 Å². The summed E-state index contributed by atoms with van der Waals surface area (Å²) < 4.78 is 10.1. The summed E-state index contributed by atoms with van der Waals surface area (Å²) in [7, 11) is 1.65. The lowest BCUT2D eigenvalue weighted by Gasteiger charge is -2.07. The Labute approximate surface area is 105 Å². The Morgan fingerprint density at radius 2 is 1.71 bits per heavy atom. The summed E-state index contributed by atoms with van der Waals surface area (Å²) in [6.07, 6.45) is 3.29. The average molecular weight is 236 g/mol. The van der Waals surface area contributed by atoms with Gasteiger partial charge in [-0.05, 0) is 36.3 Å².